The van der Waals surface area contributed by atoms with E-state index in [-0.39, 0.29) is 35.9 Å². The number of hydrogen-bond donors (Lipinski definition) is 1. The van der Waals surface area contributed by atoms with E-state index in [0.717, 1.165) is 24.4 Å². The Morgan fingerprint density at radius 2 is 1.74 bits per heavy atom. The first-order valence-corrected chi connectivity index (χ1v) is 8.72. The Hall–Kier alpha value is -4.49. The van der Waals surface area contributed by atoms with Crippen molar-refractivity contribution in [3.8, 4) is 0 Å². The maximum atomic E-state index is 12.1. The summed E-state index contributed by atoms with van der Waals surface area (Å²) in [5, 5.41) is 33.1. The minimum Gasteiger partial charge on any atom is -0.462 e. The fourth-order valence-electron chi connectivity index (χ4n) is 2.23. The molecule has 0 saturated carbocycles. The van der Waals surface area contributed by atoms with E-state index in [1.807, 2.05) is 0 Å². The van der Waals surface area contributed by atoms with E-state index >= 15 is 0 Å². The highest BCUT2D eigenvalue weighted by Crippen LogP contribution is 2.28. The van der Waals surface area contributed by atoms with Crippen LogP contribution in [0.25, 0.3) is 0 Å². The van der Waals surface area contributed by atoms with Gasteiger partial charge >= 0.3 is 17.6 Å². The fourth-order valence-corrected chi connectivity index (χ4v) is 2.23. The molecular formula is C17H16N6O8. The first kappa shape index (κ1) is 22.8. The van der Waals surface area contributed by atoms with Crippen LogP contribution >= 0.6 is 0 Å². The smallest absolute Gasteiger partial charge is 0.359 e. The number of aromatic nitrogens is 2. The number of nitro benzene ring substituents is 2. The Bertz CT molecular complexity index is 1050. The minimum atomic E-state index is -0.860. The van der Waals surface area contributed by atoms with Crippen LogP contribution in [0.5, 0.6) is 0 Å². The second-order valence-corrected chi connectivity index (χ2v) is 5.56. The van der Waals surface area contributed by atoms with Crippen molar-refractivity contribution in [2.45, 2.75) is 13.8 Å². The van der Waals surface area contributed by atoms with E-state index in [1.165, 1.54) is 6.07 Å². The molecule has 0 aliphatic rings. The molecular weight excluding hydrogens is 416 g/mol. The Kier molecular flexibility index (Phi) is 7.60. The van der Waals surface area contributed by atoms with Crippen LogP contribution < -0.4 is 5.43 Å². The number of hydrazone groups is 1. The molecule has 0 spiro atoms. The van der Waals surface area contributed by atoms with Crippen molar-refractivity contribution in [1.29, 1.82) is 0 Å². The second-order valence-electron chi connectivity index (χ2n) is 5.56. The van der Waals surface area contributed by atoms with Crippen LogP contribution in [0.1, 0.15) is 40.4 Å². The molecule has 0 aliphatic heterocycles. The summed E-state index contributed by atoms with van der Waals surface area (Å²) in [6, 6.07) is 4.15. The predicted molar refractivity (Wildman–Crippen MR) is 105 cm³/mol. The predicted octanol–water partition coefficient (Wildman–Crippen LogP) is 2.09. The molecule has 0 aliphatic carbocycles. The molecule has 14 nitrogen and oxygen atoms in total. The van der Waals surface area contributed by atoms with Crippen molar-refractivity contribution in [3.63, 3.8) is 0 Å². The number of nitrogens with one attached hydrogen (secondary N) is 1. The van der Waals surface area contributed by atoms with Crippen molar-refractivity contribution in [2.24, 2.45) is 5.10 Å². The maximum Gasteiger partial charge on any atom is 0.359 e. The summed E-state index contributed by atoms with van der Waals surface area (Å²) in [5.74, 6) is -1.68. The van der Waals surface area contributed by atoms with Gasteiger partial charge in [0, 0.05) is 6.07 Å². The van der Waals surface area contributed by atoms with Crippen molar-refractivity contribution in [3.05, 3.63) is 61.4 Å². The molecule has 0 radical (unpaired) electrons. The number of carbonyl (C=O) groups excluding carboxylic acids is 2. The summed E-state index contributed by atoms with van der Waals surface area (Å²) in [6.07, 6.45) is 1.08. The molecule has 0 unspecified atom stereocenters. The summed E-state index contributed by atoms with van der Waals surface area (Å²) < 4.78 is 9.72. The number of ether oxygens (including phenoxy) is 2. The SMILES string of the molecule is CCOC(=O)c1cc(/C=N\Nc2ccc([N+](=O)[O-])cc2[N+](=O)[O-])nnc1C(=O)OCC. The highest BCUT2D eigenvalue weighted by atomic mass is 16.6. The first-order valence-electron chi connectivity index (χ1n) is 8.72. The second kappa shape index (κ2) is 10.3. The monoisotopic (exact) mass is 432 g/mol. The van der Waals surface area contributed by atoms with Gasteiger partial charge in [-0.25, -0.2) is 9.59 Å². The van der Waals surface area contributed by atoms with Crippen molar-refractivity contribution >= 4 is 35.2 Å². The Balaban J connectivity index is 2.31. The molecule has 0 atom stereocenters. The summed E-state index contributed by atoms with van der Waals surface area (Å²) >= 11 is 0. The molecule has 31 heavy (non-hydrogen) atoms. The third-order valence-corrected chi connectivity index (χ3v) is 3.55. The zero-order valence-electron chi connectivity index (χ0n) is 16.3. The van der Waals surface area contributed by atoms with Crippen molar-refractivity contribution in [1.82, 2.24) is 10.2 Å². The lowest BCUT2D eigenvalue weighted by Crippen LogP contribution is -2.18. The van der Waals surface area contributed by atoms with Crippen LogP contribution in [-0.2, 0) is 9.47 Å². The molecule has 14 heteroatoms. The van der Waals surface area contributed by atoms with Gasteiger partial charge in [0.25, 0.3) is 5.69 Å². The van der Waals surface area contributed by atoms with Gasteiger partial charge in [-0.15, -0.1) is 10.2 Å². The van der Waals surface area contributed by atoms with Gasteiger partial charge < -0.3 is 9.47 Å². The van der Waals surface area contributed by atoms with Gasteiger partial charge in [-0.3, -0.25) is 25.7 Å². The molecule has 2 rings (SSSR count). The van der Waals surface area contributed by atoms with Gasteiger partial charge in [0.2, 0.25) is 0 Å². The van der Waals surface area contributed by atoms with Crippen LogP contribution in [0.15, 0.2) is 29.4 Å². The van der Waals surface area contributed by atoms with E-state index in [0.29, 0.717) is 0 Å². The number of nitro groups is 2. The number of hydrogen-bond acceptors (Lipinski definition) is 12. The van der Waals surface area contributed by atoms with E-state index in [9.17, 15) is 29.8 Å². The molecule has 0 fully saturated rings. The number of rotatable bonds is 9. The van der Waals surface area contributed by atoms with Crippen molar-refractivity contribution in [2.75, 3.05) is 18.6 Å². The molecule has 0 amide bonds. The molecule has 0 saturated heterocycles. The van der Waals surface area contributed by atoms with Gasteiger partial charge in [0.1, 0.15) is 11.4 Å². The van der Waals surface area contributed by atoms with Gasteiger partial charge in [0.05, 0.1) is 40.9 Å². The molecule has 2 aromatic rings. The number of anilines is 1. The molecule has 0 bridgehead atoms. The zero-order valence-corrected chi connectivity index (χ0v) is 16.3. The molecule has 1 aromatic heterocycles. The molecule has 1 aromatic carbocycles. The van der Waals surface area contributed by atoms with Gasteiger partial charge in [-0.1, -0.05) is 0 Å². The summed E-state index contributed by atoms with van der Waals surface area (Å²) in [4.78, 5) is 44.5. The largest absolute Gasteiger partial charge is 0.462 e. The lowest BCUT2D eigenvalue weighted by atomic mass is 10.2. The Morgan fingerprint density at radius 1 is 1.06 bits per heavy atom. The third-order valence-electron chi connectivity index (χ3n) is 3.55. The lowest BCUT2D eigenvalue weighted by molar-refractivity contribution is -0.393. The lowest BCUT2D eigenvalue weighted by Gasteiger charge is -2.07. The third kappa shape index (κ3) is 5.75. The summed E-state index contributed by atoms with van der Waals surface area (Å²) in [6.45, 7) is 3.28. The van der Waals surface area contributed by atoms with Crippen LogP contribution in [-0.4, -0.2) is 51.4 Å². The van der Waals surface area contributed by atoms with Gasteiger partial charge in [-0.05, 0) is 26.0 Å². The average Bonchev–Trinajstić information content (AvgIpc) is 2.73. The topological polar surface area (TPSA) is 189 Å². The van der Waals surface area contributed by atoms with E-state index in [2.05, 4.69) is 20.7 Å². The molecule has 162 valence electrons. The molecule has 1 heterocycles. The summed E-state index contributed by atoms with van der Waals surface area (Å²) in [5.41, 5.74) is 0.717. The maximum absolute atomic E-state index is 12.1. The van der Waals surface area contributed by atoms with Crippen LogP contribution in [0.3, 0.4) is 0 Å². The summed E-state index contributed by atoms with van der Waals surface area (Å²) in [7, 11) is 0. The number of non-ortho nitro benzene ring substituents is 1. The minimum absolute atomic E-state index is 0.0215. The van der Waals surface area contributed by atoms with Crippen LogP contribution in [0.4, 0.5) is 17.1 Å². The highest BCUT2D eigenvalue weighted by Gasteiger charge is 2.23. The number of nitrogens with zero attached hydrogens (tertiary/aromatic N) is 5. The normalized spacial score (nSPS) is 10.5. The highest BCUT2D eigenvalue weighted by molar-refractivity contribution is 6.02. The Morgan fingerprint density at radius 3 is 2.35 bits per heavy atom. The van der Waals surface area contributed by atoms with Gasteiger partial charge in [-0.2, -0.15) is 5.10 Å². The number of esters is 2. The van der Waals surface area contributed by atoms with E-state index < -0.39 is 33.2 Å². The Labute approximate surface area is 174 Å². The number of benzene rings is 1. The first-order chi connectivity index (χ1) is 14.8. The van der Waals surface area contributed by atoms with E-state index in [1.54, 1.807) is 13.8 Å². The van der Waals surface area contributed by atoms with E-state index in [4.69, 9.17) is 9.47 Å². The fraction of sp³-hybridized carbons (Fsp3) is 0.235. The molecule has 1 N–H and O–H groups in total. The van der Waals surface area contributed by atoms with Crippen molar-refractivity contribution < 1.29 is 28.9 Å². The van der Waals surface area contributed by atoms with Crippen LogP contribution in [0.2, 0.25) is 0 Å². The standard InChI is InChI=1S/C17H16N6O8/c1-3-30-16(24)12-7-10(19-21-15(12)17(25)31-4-2)9-18-20-13-6-5-11(22(26)27)8-14(13)23(28)29/h5-9,20H,3-4H2,1-2H3/b18-9-. The zero-order chi connectivity index (χ0) is 23.0. The quantitative estimate of drug-likeness (QED) is 0.264. The average molecular weight is 432 g/mol. The number of carbonyl (C=O) groups is 2. The van der Waals surface area contributed by atoms with Crippen LogP contribution in [0, 0.1) is 20.2 Å². The van der Waals surface area contributed by atoms with Gasteiger partial charge in [0.15, 0.2) is 5.69 Å².